The fraction of sp³-hybridized carbons (Fsp3) is 0.378. The van der Waals surface area contributed by atoms with Crippen molar-refractivity contribution < 1.29 is 24.0 Å². The van der Waals surface area contributed by atoms with Crippen LogP contribution in [0, 0.1) is 0 Å². The van der Waals surface area contributed by atoms with Crippen LogP contribution < -0.4 is 0 Å². The smallest absolute Gasteiger partial charge is 0.318 e. The van der Waals surface area contributed by atoms with E-state index in [4.69, 9.17) is 4.84 Å². The van der Waals surface area contributed by atoms with Gasteiger partial charge in [0.25, 0.3) is 0 Å². The van der Waals surface area contributed by atoms with Crippen LogP contribution in [0.2, 0.25) is 0 Å². The summed E-state index contributed by atoms with van der Waals surface area (Å²) >= 11 is 0. The SMILES string of the molecule is CCCCCC/C(=N\OC(C)=O)C(=O)c1ccc2c(c1)c1cc(C(=O)C(C)(C)N(CC)CC)ccc1n2-c1ccccc1C=O. The molecule has 1 heterocycles. The van der Waals surface area contributed by atoms with Gasteiger partial charge in [-0.15, -0.1) is 0 Å². The first kappa shape index (κ1) is 33.5. The van der Waals surface area contributed by atoms with Gasteiger partial charge in [-0.05, 0) is 88.3 Å². The summed E-state index contributed by atoms with van der Waals surface area (Å²) in [5.41, 5.74) is 3.22. The number of rotatable bonds is 15. The van der Waals surface area contributed by atoms with Gasteiger partial charge in [0, 0.05) is 34.4 Å². The Morgan fingerprint density at radius 3 is 2.09 bits per heavy atom. The molecule has 8 nitrogen and oxygen atoms in total. The van der Waals surface area contributed by atoms with Crippen molar-refractivity contribution in [2.45, 2.75) is 79.2 Å². The lowest BCUT2D eigenvalue weighted by Gasteiger charge is -2.35. The Kier molecular flexibility index (Phi) is 10.8. The number of likely N-dealkylation sites (N-methyl/N-ethyl adjacent to an activating group) is 1. The second kappa shape index (κ2) is 14.6. The number of para-hydroxylation sites is 1. The van der Waals surface area contributed by atoms with Crippen molar-refractivity contribution in [3.63, 3.8) is 0 Å². The minimum Gasteiger partial charge on any atom is -0.318 e. The van der Waals surface area contributed by atoms with E-state index in [1.165, 1.54) is 6.92 Å². The van der Waals surface area contributed by atoms with E-state index in [0.717, 1.165) is 66.9 Å². The first-order valence-corrected chi connectivity index (χ1v) is 15.8. The first-order chi connectivity index (χ1) is 21.6. The van der Waals surface area contributed by atoms with Crippen molar-refractivity contribution in [2.24, 2.45) is 5.16 Å². The van der Waals surface area contributed by atoms with E-state index >= 15 is 0 Å². The molecule has 0 aliphatic carbocycles. The number of aldehydes is 1. The molecule has 0 atom stereocenters. The molecule has 3 aromatic carbocycles. The highest BCUT2D eigenvalue weighted by atomic mass is 16.7. The molecule has 8 heteroatoms. The maximum absolute atomic E-state index is 13.9. The number of oxime groups is 1. The average Bonchev–Trinajstić information content (AvgIpc) is 3.36. The molecule has 0 N–H and O–H groups in total. The Bertz CT molecular complexity index is 1760. The van der Waals surface area contributed by atoms with Crippen LogP contribution in [0.25, 0.3) is 27.5 Å². The molecular weight excluding hydrogens is 566 g/mol. The van der Waals surface area contributed by atoms with Gasteiger partial charge in [-0.1, -0.05) is 57.3 Å². The summed E-state index contributed by atoms with van der Waals surface area (Å²) in [5.74, 6) is -0.915. The molecule has 236 valence electrons. The second-order valence-electron chi connectivity index (χ2n) is 11.8. The molecule has 0 spiro atoms. The lowest BCUT2D eigenvalue weighted by Crippen LogP contribution is -2.49. The Hall–Kier alpha value is -4.43. The molecule has 0 saturated carbocycles. The molecule has 0 unspecified atom stereocenters. The standard InChI is InChI=1S/C37H43N3O5/c1-7-10-11-12-16-31(38-45-25(4)42)35(43)26-18-20-33-29(22-26)30-23-27(36(44)37(5,6)39(8-2)9-3)19-21-34(30)40(33)32-17-14-13-15-28(32)24-41/h13-15,17-24H,7-12,16H2,1-6H3/b38-31+. The Morgan fingerprint density at radius 2 is 1.49 bits per heavy atom. The third-order valence-electron chi connectivity index (χ3n) is 8.52. The van der Waals surface area contributed by atoms with Crippen molar-refractivity contribution in [3.8, 4) is 5.69 Å². The Balaban J connectivity index is 1.93. The maximum atomic E-state index is 13.9. The number of aromatic nitrogens is 1. The average molecular weight is 610 g/mol. The number of nitrogens with zero attached hydrogens (tertiary/aromatic N) is 3. The van der Waals surface area contributed by atoms with Gasteiger partial charge in [0.2, 0.25) is 5.78 Å². The van der Waals surface area contributed by atoms with Crippen molar-refractivity contribution in [2.75, 3.05) is 13.1 Å². The highest BCUT2D eigenvalue weighted by Crippen LogP contribution is 2.35. The van der Waals surface area contributed by atoms with Crippen LogP contribution in [-0.2, 0) is 9.63 Å². The van der Waals surface area contributed by atoms with Crippen molar-refractivity contribution in [3.05, 3.63) is 77.4 Å². The summed E-state index contributed by atoms with van der Waals surface area (Å²) in [6, 6.07) is 18.3. The van der Waals surface area contributed by atoms with E-state index in [0.29, 0.717) is 28.8 Å². The van der Waals surface area contributed by atoms with Crippen LogP contribution in [0.3, 0.4) is 0 Å². The quantitative estimate of drug-likeness (QED) is 0.0339. The predicted octanol–water partition coefficient (Wildman–Crippen LogP) is 7.97. The maximum Gasteiger partial charge on any atom is 0.331 e. The zero-order valence-corrected chi connectivity index (χ0v) is 27.2. The van der Waals surface area contributed by atoms with Gasteiger partial charge in [0.15, 0.2) is 12.1 Å². The second-order valence-corrected chi connectivity index (χ2v) is 11.8. The molecular formula is C37H43N3O5. The van der Waals surface area contributed by atoms with Crippen LogP contribution in [0.5, 0.6) is 0 Å². The van der Waals surface area contributed by atoms with E-state index in [1.54, 1.807) is 18.2 Å². The molecule has 4 aromatic rings. The van der Waals surface area contributed by atoms with E-state index in [9.17, 15) is 19.2 Å². The molecule has 0 bridgehead atoms. The topological polar surface area (TPSA) is 98.0 Å². The normalized spacial score (nSPS) is 12.2. The Labute approximate surface area is 265 Å². The summed E-state index contributed by atoms with van der Waals surface area (Å²) < 4.78 is 1.99. The molecule has 0 fully saturated rings. The zero-order chi connectivity index (χ0) is 32.7. The number of ketones is 2. The third kappa shape index (κ3) is 6.96. The first-order valence-electron chi connectivity index (χ1n) is 15.8. The number of Topliss-reactive ketones (excluding diaryl/α,β-unsaturated/α-hetero) is 2. The minimum absolute atomic E-state index is 0.00240. The fourth-order valence-electron chi connectivity index (χ4n) is 6.07. The van der Waals surface area contributed by atoms with Gasteiger partial charge in [-0.2, -0.15) is 0 Å². The molecule has 0 amide bonds. The van der Waals surface area contributed by atoms with Crippen molar-refractivity contribution in [1.29, 1.82) is 0 Å². The van der Waals surface area contributed by atoms with Crippen LogP contribution in [0.4, 0.5) is 0 Å². The van der Waals surface area contributed by atoms with Gasteiger partial charge < -0.3 is 9.40 Å². The monoisotopic (exact) mass is 609 g/mol. The summed E-state index contributed by atoms with van der Waals surface area (Å²) in [5, 5.41) is 5.47. The fourth-order valence-corrected chi connectivity index (χ4v) is 6.07. The molecule has 1 aromatic heterocycles. The van der Waals surface area contributed by atoms with E-state index < -0.39 is 11.5 Å². The number of unbranched alkanes of at least 4 members (excludes halogenated alkanes) is 3. The van der Waals surface area contributed by atoms with Gasteiger partial charge in [0.1, 0.15) is 5.71 Å². The summed E-state index contributed by atoms with van der Waals surface area (Å²) in [6.45, 7) is 12.8. The highest BCUT2D eigenvalue weighted by Gasteiger charge is 2.34. The van der Waals surface area contributed by atoms with E-state index in [2.05, 4.69) is 17.0 Å². The lowest BCUT2D eigenvalue weighted by atomic mass is 9.90. The van der Waals surface area contributed by atoms with Gasteiger partial charge in [0.05, 0.1) is 22.3 Å². The van der Waals surface area contributed by atoms with Gasteiger partial charge in [-0.3, -0.25) is 19.3 Å². The molecule has 4 rings (SSSR count). The number of hydrogen-bond donors (Lipinski definition) is 0. The number of carbonyl (C=O) groups is 4. The number of fused-ring (bicyclic) bond motifs is 3. The molecule has 0 aliphatic rings. The van der Waals surface area contributed by atoms with Crippen LogP contribution in [0.1, 0.15) is 105 Å². The van der Waals surface area contributed by atoms with Gasteiger partial charge >= 0.3 is 5.97 Å². The van der Waals surface area contributed by atoms with Crippen molar-refractivity contribution >= 4 is 51.3 Å². The number of carbonyl (C=O) groups excluding carboxylic acids is 4. The summed E-state index contributed by atoms with van der Waals surface area (Å²) in [7, 11) is 0. The summed E-state index contributed by atoms with van der Waals surface area (Å²) in [4.78, 5) is 58.3. The van der Waals surface area contributed by atoms with E-state index in [1.807, 2.05) is 74.7 Å². The number of benzene rings is 3. The minimum atomic E-state index is -0.722. The van der Waals surface area contributed by atoms with Gasteiger partial charge in [-0.25, -0.2) is 4.79 Å². The molecule has 45 heavy (non-hydrogen) atoms. The predicted molar refractivity (Wildman–Crippen MR) is 180 cm³/mol. The van der Waals surface area contributed by atoms with Crippen LogP contribution in [0.15, 0.2) is 65.8 Å². The lowest BCUT2D eigenvalue weighted by molar-refractivity contribution is -0.140. The molecule has 0 saturated heterocycles. The zero-order valence-electron chi connectivity index (χ0n) is 27.2. The van der Waals surface area contributed by atoms with Crippen LogP contribution in [-0.4, -0.2) is 57.6 Å². The molecule has 0 radical (unpaired) electrons. The van der Waals surface area contributed by atoms with Crippen LogP contribution >= 0.6 is 0 Å². The molecule has 0 aliphatic heterocycles. The Morgan fingerprint density at radius 1 is 0.867 bits per heavy atom. The third-order valence-corrected chi connectivity index (χ3v) is 8.52. The summed E-state index contributed by atoms with van der Waals surface area (Å²) in [6.07, 6.45) is 4.98. The number of hydrogen-bond acceptors (Lipinski definition) is 7. The largest absolute Gasteiger partial charge is 0.331 e. The van der Waals surface area contributed by atoms with E-state index in [-0.39, 0.29) is 17.3 Å². The highest BCUT2D eigenvalue weighted by molar-refractivity contribution is 6.46. The van der Waals surface area contributed by atoms with Crippen molar-refractivity contribution in [1.82, 2.24) is 9.47 Å².